The Labute approximate surface area is 232 Å². The first-order valence-corrected chi connectivity index (χ1v) is 13.9. The average molecular weight is 533 g/mol. The number of hydrogen-bond donors (Lipinski definition) is 0. The van der Waals surface area contributed by atoms with Crippen molar-refractivity contribution in [1.29, 1.82) is 0 Å². The van der Waals surface area contributed by atoms with Crippen molar-refractivity contribution >= 4 is 20.5 Å². The van der Waals surface area contributed by atoms with Gasteiger partial charge in [-0.2, -0.15) is 0 Å². The van der Waals surface area contributed by atoms with Crippen LogP contribution in [-0.4, -0.2) is 44.7 Å². The molecule has 4 nitrogen and oxygen atoms in total. The molecule has 0 spiro atoms. The molecule has 3 aromatic rings. The van der Waals surface area contributed by atoms with Crippen molar-refractivity contribution in [1.82, 2.24) is 0 Å². The van der Waals surface area contributed by atoms with Crippen LogP contribution in [0.3, 0.4) is 0 Å². The van der Waals surface area contributed by atoms with Gasteiger partial charge in [0.1, 0.15) is 12.4 Å². The highest BCUT2D eigenvalue weighted by atomic mass is 31.0. The van der Waals surface area contributed by atoms with Crippen LogP contribution in [0.1, 0.15) is 49.7 Å². The Kier molecular flexibility index (Phi) is 14.9. The number of unbranched alkanes of at least 4 members (excludes halogenated alkanes) is 5. The Hall–Kier alpha value is -3.12. The molecule has 0 radical (unpaired) electrons. The third kappa shape index (κ3) is 15.9. The highest BCUT2D eigenvalue weighted by molar-refractivity contribution is 7.27. The number of nitrogens with zero attached hydrogens (tertiary/aromatic N) is 1. The zero-order valence-electron chi connectivity index (χ0n) is 23.2. The molecule has 3 aromatic carbocycles. The van der Waals surface area contributed by atoms with E-state index in [9.17, 15) is 4.79 Å². The Morgan fingerprint density at radius 2 is 1.39 bits per heavy atom. The molecule has 1 unspecified atom stereocenters. The molecule has 5 heteroatoms. The predicted octanol–water partition coefficient (Wildman–Crippen LogP) is 6.39. The number of benzene rings is 3. The van der Waals surface area contributed by atoms with Crippen LogP contribution in [0.5, 0.6) is 5.75 Å². The van der Waals surface area contributed by atoms with Crippen molar-refractivity contribution in [2.75, 3.05) is 34.3 Å². The summed E-state index contributed by atoms with van der Waals surface area (Å²) in [5.41, 5.74) is 2.18. The molecule has 3 rings (SSSR count). The number of carbonyl (C=O) groups excluding carboxylic acids is 1. The molecule has 1 atom stereocenters. The maximum Gasteiger partial charge on any atom is 0.361 e. The first-order valence-electron chi connectivity index (χ1n) is 13.3. The smallest absolute Gasteiger partial charge is 0.361 e. The minimum Gasteiger partial charge on any atom is -0.489 e. The molecule has 0 amide bonds. The molecule has 38 heavy (non-hydrogen) atoms. The van der Waals surface area contributed by atoms with Crippen LogP contribution in [0, 0.1) is 11.8 Å². The summed E-state index contributed by atoms with van der Waals surface area (Å²) >= 11 is 0. The van der Waals surface area contributed by atoms with E-state index in [-0.39, 0.29) is 5.97 Å². The molecule has 0 saturated heterocycles. The van der Waals surface area contributed by atoms with E-state index in [2.05, 4.69) is 33.2 Å². The van der Waals surface area contributed by atoms with Crippen LogP contribution in [0.2, 0.25) is 0 Å². The van der Waals surface area contributed by atoms with Gasteiger partial charge in [-0.25, -0.2) is 4.79 Å². The minimum absolute atomic E-state index is 0.112. The fraction of sp³-hybridized carbons (Fsp3) is 0.364. The fourth-order valence-electron chi connectivity index (χ4n) is 3.46. The lowest BCUT2D eigenvalue weighted by molar-refractivity contribution is -0.862. The lowest BCUT2D eigenvalue weighted by Gasteiger charge is -2.22. The van der Waals surface area contributed by atoms with Gasteiger partial charge in [0.25, 0.3) is 0 Å². The van der Waals surface area contributed by atoms with E-state index < -0.39 is 0 Å². The van der Waals surface area contributed by atoms with E-state index in [1.807, 2.05) is 93.9 Å². The summed E-state index contributed by atoms with van der Waals surface area (Å²) in [5.74, 6) is 7.23. The van der Waals surface area contributed by atoms with Gasteiger partial charge in [-0.15, -0.1) is 9.24 Å². The number of hydrogen-bond acceptors (Lipinski definition) is 3. The Balaban J connectivity index is 0.000000624. The maximum absolute atomic E-state index is 11.6. The van der Waals surface area contributed by atoms with Crippen molar-refractivity contribution in [3.05, 3.63) is 96.1 Å². The predicted molar refractivity (Wildman–Crippen MR) is 161 cm³/mol. The molecule has 0 bridgehead atoms. The number of ether oxygens (including phenoxy) is 2. The zero-order chi connectivity index (χ0) is 27.5. The third-order valence-electron chi connectivity index (χ3n) is 5.45. The summed E-state index contributed by atoms with van der Waals surface area (Å²) in [7, 11) is 8.59. The van der Waals surface area contributed by atoms with Gasteiger partial charge >= 0.3 is 5.97 Å². The van der Waals surface area contributed by atoms with Crippen molar-refractivity contribution in [2.24, 2.45) is 0 Å². The molecule has 0 saturated carbocycles. The number of rotatable bonds is 12. The molecule has 0 fully saturated rings. The normalized spacial score (nSPS) is 10.4. The van der Waals surface area contributed by atoms with E-state index >= 15 is 0 Å². The number of quaternary nitrogens is 1. The first kappa shape index (κ1) is 31.1. The van der Waals surface area contributed by atoms with Crippen molar-refractivity contribution in [3.63, 3.8) is 0 Å². The van der Waals surface area contributed by atoms with Gasteiger partial charge in [-0.05, 0) is 48.0 Å². The summed E-state index contributed by atoms with van der Waals surface area (Å²) in [6, 6.07) is 28.2. The molecular formula is C33H43NO3P+. The van der Waals surface area contributed by atoms with Crippen molar-refractivity contribution in [3.8, 4) is 17.6 Å². The topological polar surface area (TPSA) is 35.5 Å². The van der Waals surface area contributed by atoms with Gasteiger partial charge in [0.2, 0.25) is 0 Å². The minimum atomic E-state index is -0.112. The Morgan fingerprint density at radius 1 is 0.789 bits per heavy atom. The van der Waals surface area contributed by atoms with Crippen LogP contribution in [0.4, 0.5) is 0 Å². The number of likely N-dealkylation sites (N-methyl/N-ethyl adjacent to an activating group) is 1. The molecule has 0 heterocycles. The molecule has 0 aromatic heterocycles. The van der Waals surface area contributed by atoms with Gasteiger partial charge in [0, 0.05) is 12.0 Å². The molecule has 0 aliphatic rings. The monoisotopic (exact) mass is 532 g/mol. The van der Waals surface area contributed by atoms with E-state index in [1.165, 1.54) is 5.30 Å². The van der Waals surface area contributed by atoms with Crippen LogP contribution in [0.25, 0.3) is 0 Å². The summed E-state index contributed by atoms with van der Waals surface area (Å²) in [5, 5.41) is 1.24. The lowest BCUT2D eigenvalue weighted by Crippen LogP contribution is -2.40. The quantitative estimate of drug-likeness (QED) is 0.0891. The molecule has 0 aliphatic carbocycles. The number of esters is 1. The highest BCUT2D eigenvalue weighted by Crippen LogP contribution is 2.14. The average Bonchev–Trinajstić information content (AvgIpc) is 2.89. The second-order valence-corrected chi connectivity index (χ2v) is 10.9. The maximum atomic E-state index is 11.6. The van der Waals surface area contributed by atoms with Crippen molar-refractivity contribution in [2.45, 2.75) is 45.1 Å². The second kappa shape index (κ2) is 18.2. The van der Waals surface area contributed by atoms with E-state index in [4.69, 9.17) is 9.47 Å². The molecule has 0 aliphatic heterocycles. The second-order valence-electron chi connectivity index (χ2n) is 10.2. The van der Waals surface area contributed by atoms with Gasteiger partial charge in [0.05, 0.1) is 27.7 Å². The van der Waals surface area contributed by atoms with Gasteiger partial charge in [-0.1, -0.05) is 91.8 Å². The summed E-state index contributed by atoms with van der Waals surface area (Å²) in [6.07, 6.45) is 6.36. The summed E-state index contributed by atoms with van der Waals surface area (Å²) in [4.78, 5) is 11.6. The first-order chi connectivity index (χ1) is 18.3. The SMILES string of the molecule is C[N+](C)(C)CC(=O)OCCCCCCCC#Cc1ccc(OCc2ccccc2)cc1.Pc1ccccc1. The van der Waals surface area contributed by atoms with E-state index in [0.29, 0.717) is 24.2 Å². The van der Waals surface area contributed by atoms with Crippen LogP contribution >= 0.6 is 9.24 Å². The van der Waals surface area contributed by atoms with Crippen LogP contribution in [-0.2, 0) is 16.1 Å². The largest absolute Gasteiger partial charge is 0.489 e. The summed E-state index contributed by atoms with van der Waals surface area (Å²) in [6.45, 7) is 1.52. The highest BCUT2D eigenvalue weighted by Gasteiger charge is 2.14. The van der Waals surface area contributed by atoms with Crippen LogP contribution < -0.4 is 10.0 Å². The number of carbonyl (C=O) groups is 1. The Bertz CT molecular complexity index is 1100. The third-order valence-corrected chi connectivity index (χ3v) is 5.83. The lowest BCUT2D eigenvalue weighted by atomic mass is 10.1. The van der Waals surface area contributed by atoms with E-state index in [1.54, 1.807) is 0 Å². The van der Waals surface area contributed by atoms with Gasteiger partial charge in [0.15, 0.2) is 6.54 Å². The molecular weight excluding hydrogens is 489 g/mol. The van der Waals surface area contributed by atoms with E-state index in [0.717, 1.165) is 55.4 Å². The molecule has 0 N–H and O–H groups in total. The fourth-order valence-corrected chi connectivity index (χ4v) is 3.68. The summed E-state index contributed by atoms with van der Waals surface area (Å²) < 4.78 is 11.7. The Morgan fingerprint density at radius 3 is 2.00 bits per heavy atom. The zero-order valence-corrected chi connectivity index (χ0v) is 24.4. The molecule has 202 valence electrons. The van der Waals surface area contributed by atoms with Gasteiger partial charge in [-0.3, -0.25) is 0 Å². The standard InChI is InChI=1S/C27H36NO3.C6H7P/c1-28(2,3)22-27(29)30-21-13-8-6-4-5-7-10-14-24-17-19-26(20-18-24)31-23-25-15-11-9-12-16-25;7-6-4-2-1-3-5-6/h9,11-12,15-20H,4-8,13,21-23H2,1-3H3;1-5H,7H2/q+1;. The van der Waals surface area contributed by atoms with Gasteiger partial charge < -0.3 is 14.0 Å². The van der Waals surface area contributed by atoms with Crippen LogP contribution in [0.15, 0.2) is 84.9 Å². The van der Waals surface area contributed by atoms with Crippen molar-refractivity contribution < 1.29 is 18.8 Å².